The van der Waals surface area contributed by atoms with Gasteiger partial charge in [0.1, 0.15) is 0 Å². The minimum absolute atomic E-state index is 0.376. The van der Waals surface area contributed by atoms with E-state index < -0.39 is 5.91 Å². The van der Waals surface area contributed by atoms with Crippen molar-refractivity contribution in [3.8, 4) is 11.4 Å². The third-order valence-corrected chi connectivity index (χ3v) is 4.66. The van der Waals surface area contributed by atoms with Crippen LogP contribution in [0.5, 0.6) is 0 Å². The molecule has 0 saturated carbocycles. The normalized spacial score (nSPS) is 10.6. The first kappa shape index (κ1) is 19.3. The van der Waals surface area contributed by atoms with Crippen LogP contribution in [0.1, 0.15) is 31.8 Å². The van der Waals surface area contributed by atoms with Crippen LogP contribution in [0.15, 0.2) is 72.9 Å². The van der Waals surface area contributed by atoms with Crippen LogP contribution in [-0.4, -0.2) is 21.8 Å². The van der Waals surface area contributed by atoms with Crippen molar-refractivity contribution in [2.75, 3.05) is 0 Å². The topological polar surface area (TPSA) is 84.0 Å². The van der Waals surface area contributed by atoms with E-state index in [0.717, 1.165) is 11.1 Å². The minimum Gasteiger partial charge on any atom is -0.267 e. The van der Waals surface area contributed by atoms with Crippen molar-refractivity contribution in [3.05, 3.63) is 95.2 Å². The fourth-order valence-electron chi connectivity index (χ4n) is 3.37. The first-order valence-corrected chi connectivity index (χ1v) is 9.51. The number of amides is 2. The van der Waals surface area contributed by atoms with Gasteiger partial charge >= 0.3 is 0 Å². The number of pyridine rings is 2. The van der Waals surface area contributed by atoms with Crippen LogP contribution in [0.2, 0.25) is 0 Å². The SMILES string of the molecule is Cc1cc(C)cc(C(=O)NNC(=O)c2cc(-c3ccccn3)nc3ccccc23)c1. The maximum atomic E-state index is 12.9. The molecule has 6 heteroatoms. The molecule has 0 aliphatic heterocycles. The van der Waals surface area contributed by atoms with E-state index in [0.29, 0.717) is 33.4 Å². The number of hydrogen-bond donors (Lipinski definition) is 2. The fraction of sp³-hybridized carbons (Fsp3) is 0.0833. The Labute approximate surface area is 174 Å². The zero-order valence-electron chi connectivity index (χ0n) is 16.6. The number of aryl methyl sites for hydroxylation is 2. The van der Waals surface area contributed by atoms with Gasteiger partial charge in [0, 0.05) is 17.1 Å². The summed E-state index contributed by atoms with van der Waals surface area (Å²) in [6.07, 6.45) is 1.68. The molecular weight excluding hydrogens is 376 g/mol. The van der Waals surface area contributed by atoms with Crippen LogP contribution >= 0.6 is 0 Å². The molecule has 0 spiro atoms. The van der Waals surface area contributed by atoms with Crippen molar-refractivity contribution in [3.63, 3.8) is 0 Å². The van der Waals surface area contributed by atoms with Gasteiger partial charge < -0.3 is 0 Å². The molecule has 0 unspecified atom stereocenters. The maximum Gasteiger partial charge on any atom is 0.270 e. The zero-order chi connectivity index (χ0) is 21.1. The number of carbonyl (C=O) groups excluding carboxylic acids is 2. The van der Waals surface area contributed by atoms with Crippen LogP contribution in [0.4, 0.5) is 0 Å². The molecule has 2 aromatic carbocycles. The van der Waals surface area contributed by atoms with Gasteiger partial charge in [0.2, 0.25) is 0 Å². The Morgan fingerprint density at radius 2 is 1.47 bits per heavy atom. The summed E-state index contributed by atoms with van der Waals surface area (Å²) in [5, 5.41) is 0.690. The summed E-state index contributed by atoms with van der Waals surface area (Å²) in [6.45, 7) is 3.84. The lowest BCUT2D eigenvalue weighted by molar-refractivity contribution is 0.0847. The second-order valence-electron chi connectivity index (χ2n) is 7.07. The van der Waals surface area contributed by atoms with E-state index in [1.165, 1.54) is 0 Å². The van der Waals surface area contributed by atoms with Crippen LogP contribution in [0, 0.1) is 13.8 Å². The monoisotopic (exact) mass is 396 g/mol. The summed E-state index contributed by atoms with van der Waals surface area (Å²) in [5.74, 6) is -0.804. The predicted molar refractivity (Wildman–Crippen MR) is 116 cm³/mol. The molecule has 0 bridgehead atoms. The smallest absolute Gasteiger partial charge is 0.267 e. The Kier molecular flexibility index (Phi) is 5.22. The number of rotatable bonds is 3. The van der Waals surface area contributed by atoms with E-state index >= 15 is 0 Å². The van der Waals surface area contributed by atoms with Crippen molar-refractivity contribution >= 4 is 22.7 Å². The predicted octanol–water partition coefficient (Wildman–Crippen LogP) is 3.99. The highest BCUT2D eigenvalue weighted by atomic mass is 16.2. The van der Waals surface area contributed by atoms with Gasteiger partial charge in [0.25, 0.3) is 11.8 Å². The van der Waals surface area contributed by atoms with E-state index in [1.54, 1.807) is 24.4 Å². The molecule has 2 N–H and O–H groups in total. The molecule has 6 nitrogen and oxygen atoms in total. The van der Waals surface area contributed by atoms with Crippen molar-refractivity contribution < 1.29 is 9.59 Å². The molecule has 0 aliphatic rings. The summed E-state index contributed by atoms with van der Waals surface area (Å²) in [5.41, 5.74) is 9.79. The number of fused-ring (bicyclic) bond motifs is 1. The summed E-state index contributed by atoms with van der Waals surface area (Å²) >= 11 is 0. The van der Waals surface area contributed by atoms with Gasteiger partial charge in [-0.2, -0.15) is 0 Å². The lowest BCUT2D eigenvalue weighted by Gasteiger charge is -2.12. The summed E-state index contributed by atoms with van der Waals surface area (Å²) < 4.78 is 0. The Hall–Kier alpha value is -4.06. The molecule has 0 saturated heterocycles. The highest BCUT2D eigenvalue weighted by Crippen LogP contribution is 2.23. The minimum atomic E-state index is -0.427. The van der Waals surface area contributed by atoms with Crippen molar-refractivity contribution in [2.45, 2.75) is 13.8 Å². The molecule has 4 rings (SSSR count). The van der Waals surface area contributed by atoms with E-state index in [4.69, 9.17) is 0 Å². The number of hydrogen-bond acceptors (Lipinski definition) is 4. The van der Waals surface area contributed by atoms with Crippen LogP contribution in [0.25, 0.3) is 22.3 Å². The summed E-state index contributed by atoms with van der Waals surface area (Å²) in [6, 6.07) is 20.1. The lowest BCUT2D eigenvalue weighted by Crippen LogP contribution is -2.41. The molecule has 0 atom stereocenters. The Morgan fingerprint density at radius 1 is 0.767 bits per heavy atom. The van der Waals surface area contributed by atoms with Crippen molar-refractivity contribution in [1.29, 1.82) is 0 Å². The molecule has 2 amide bonds. The van der Waals surface area contributed by atoms with E-state index in [-0.39, 0.29) is 5.91 Å². The molecule has 0 fully saturated rings. The van der Waals surface area contributed by atoms with Crippen LogP contribution in [-0.2, 0) is 0 Å². The lowest BCUT2D eigenvalue weighted by atomic mass is 10.1. The summed E-state index contributed by atoms with van der Waals surface area (Å²) in [4.78, 5) is 34.4. The second-order valence-corrected chi connectivity index (χ2v) is 7.07. The van der Waals surface area contributed by atoms with Crippen LogP contribution in [0.3, 0.4) is 0 Å². The quantitative estimate of drug-likeness (QED) is 0.513. The van der Waals surface area contributed by atoms with Crippen molar-refractivity contribution in [1.82, 2.24) is 20.8 Å². The van der Waals surface area contributed by atoms with Gasteiger partial charge in [-0.3, -0.25) is 25.4 Å². The maximum absolute atomic E-state index is 12.9. The second kappa shape index (κ2) is 8.13. The van der Waals surface area contributed by atoms with E-state index in [9.17, 15) is 9.59 Å². The number of nitrogens with one attached hydrogen (secondary N) is 2. The zero-order valence-corrected chi connectivity index (χ0v) is 16.6. The molecular formula is C24H20N4O2. The first-order chi connectivity index (χ1) is 14.5. The van der Waals surface area contributed by atoms with Crippen molar-refractivity contribution in [2.24, 2.45) is 0 Å². The van der Waals surface area contributed by atoms with Gasteiger partial charge in [-0.15, -0.1) is 0 Å². The van der Waals surface area contributed by atoms with Crippen LogP contribution < -0.4 is 10.9 Å². The highest BCUT2D eigenvalue weighted by Gasteiger charge is 2.15. The molecule has 4 aromatic rings. The Morgan fingerprint density at radius 3 is 2.20 bits per heavy atom. The summed E-state index contributed by atoms with van der Waals surface area (Å²) in [7, 11) is 0. The van der Waals surface area contributed by atoms with Gasteiger partial charge in [-0.25, -0.2) is 4.98 Å². The third kappa shape index (κ3) is 4.03. The van der Waals surface area contributed by atoms with Gasteiger partial charge in [0.05, 0.1) is 22.5 Å². The average Bonchev–Trinajstić information content (AvgIpc) is 2.76. The number of hydrazine groups is 1. The average molecular weight is 396 g/mol. The fourth-order valence-corrected chi connectivity index (χ4v) is 3.37. The van der Waals surface area contributed by atoms with E-state index in [1.807, 2.05) is 62.4 Å². The molecule has 0 aliphatic carbocycles. The molecule has 2 heterocycles. The molecule has 30 heavy (non-hydrogen) atoms. The number of para-hydroxylation sites is 1. The van der Waals surface area contributed by atoms with Gasteiger partial charge in [0.15, 0.2) is 0 Å². The molecule has 2 aromatic heterocycles. The number of carbonyl (C=O) groups is 2. The highest BCUT2D eigenvalue weighted by molar-refractivity contribution is 6.08. The van der Waals surface area contributed by atoms with E-state index in [2.05, 4.69) is 20.8 Å². The third-order valence-electron chi connectivity index (χ3n) is 4.66. The van der Waals surface area contributed by atoms with Gasteiger partial charge in [-0.1, -0.05) is 41.5 Å². The Bertz CT molecular complexity index is 1230. The van der Waals surface area contributed by atoms with Gasteiger partial charge in [-0.05, 0) is 50.2 Å². The number of aromatic nitrogens is 2. The molecule has 148 valence electrons. The number of benzene rings is 2. The largest absolute Gasteiger partial charge is 0.270 e. The Balaban J connectivity index is 1.63. The number of nitrogens with zero attached hydrogens (tertiary/aromatic N) is 2. The first-order valence-electron chi connectivity index (χ1n) is 9.51. The molecule has 0 radical (unpaired) electrons. The standard InChI is InChI=1S/C24H20N4O2/c1-15-11-16(2)13-17(12-15)23(29)27-28-24(30)19-14-22(21-9-5-6-10-25-21)26-20-8-4-3-7-18(19)20/h3-14H,1-2H3,(H,27,29)(H,28,30).